The molecule has 2 atom stereocenters. The van der Waals surface area contributed by atoms with Crippen LogP contribution in [-0.4, -0.2) is 29.5 Å². The summed E-state index contributed by atoms with van der Waals surface area (Å²) < 4.78 is 4.36. The third-order valence-corrected chi connectivity index (χ3v) is 0.998. The Bertz CT molecular complexity index is 48.1. The molecule has 0 rings (SSSR count). The molecule has 0 aliphatic carbocycles. The van der Waals surface area contributed by atoms with Crippen LogP contribution in [-0.2, 0) is 4.74 Å². The fourth-order valence-electron chi connectivity index (χ4n) is 0.0645. The maximum Gasteiger partial charge on any atom is 0.201 e. The van der Waals surface area contributed by atoms with Crippen LogP contribution in [0.4, 0.5) is 0 Å². The molecule has 44 valence electrons. The zero-order chi connectivity index (χ0) is 5.91. The summed E-state index contributed by atoms with van der Waals surface area (Å²) in [7, 11) is 3.26. The largest absolute Gasteiger partial charge is 0.390 e. The molecule has 2 unspecified atom stereocenters. The van der Waals surface area contributed by atoms with Crippen molar-refractivity contribution in [2.24, 2.45) is 0 Å². The van der Waals surface area contributed by atoms with Crippen molar-refractivity contribution in [2.75, 3.05) is 13.7 Å². The van der Waals surface area contributed by atoms with E-state index in [1.165, 1.54) is 7.11 Å². The van der Waals surface area contributed by atoms with Gasteiger partial charge in [0.1, 0.15) is 6.61 Å². The summed E-state index contributed by atoms with van der Waals surface area (Å²) in [5, 5.41) is 16.8. The van der Waals surface area contributed by atoms with Gasteiger partial charge in [0.25, 0.3) is 0 Å². The molecule has 0 aromatic heterocycles. The summed E-state index contributed by atoms with van der Waals surface area (Å²) in [6, 6.07) is 0. The van der Waals surface area contributed by atoms with Gasteiger partial charge in [-0.25, -0.2) is 0 Å². The highest BCUT2D eigenvalue weighted by Gasteiger charge is 2.15. The van der Waals surface area contributed by atoms with Crippen LogP contribution in [0.15, 0.2) is 0 Å². The Morgan fingerprint density at radius 2 is 2.29 bits per heavy atom. The normalized spacial score (nSPS) is 18.9. The second-order valence-corrected chi connectivity index (χ2v) is 2.11. The molecule has 4 heteroatoms. The predicted octanol–water partition coefficient (Wildman–Crippen LogP) is -0.854. The molecule has 7 heavy (non-hydrogen) atoms. The summed E-state index contributed by atoms with van der Waals surface area (Å²) in [6.45, 7) is -0.409. The highest BCUT2D eigenvalue weighted by Crippen LogP contribution is 2.11. The van der Waals surface area contributed by atoms with Crippen LogP contribution in [0, 0.1) is 0 Å². The number of rotatable bonds is 2. The Balaban J connectivity index is 3.36. The molecule has 0 saturated heterocycles. The molecule has 0 amide bonds. The van der Waals surface area contributed by atoms with Crippen molar-refractivity contribution in [1.82, 2.24) is 0 Å². The molecular weight excluding hydrogens is 115 g/mol. The molecule has 0 bridgehead atoms. The van der Waals surface area contributed by atoms with Crippen LogP contribution in [0.1, 0.15) is 0 Å². The molecule has 0 saturated carbocycles. The summed E-state index contributed by atoms with van der Waals surface area (Å²) in [4.78, 5) is 0. The fourth-order valence-corrected chi connectivity index (χ4v) is 0.0645. The van der Waals surface area contributed by atoms with Gasteiger partial charge in [-0.2, -0.15) is 0 Å². The monoisotopic (exact) mass is 124 g/mol. The summed E-state index contributed by atoms with van der Waals surface area (Å²) in [6.07, 6.45) is 0. The zero-order valence-corrected chi connectivity index (χ0v) is 5.24. The van der Waals surface area contributed by atoms with Crippen LogP contribution in [0.2, 0.25) is 0 Å². The Labute approximate surface area is 44.5 Å². The van der Waals surface area contributed by atoms with Gasteiger partial charge in [0.15, 0.2) is 0 Å². The van der Waals surface area contributed by atoms with E-state index < -0.39 is 12.1 Å². The first kappa shape index (κ1) is 7.31. The first-order chi connectivity index (χ1) is 3.12. The van der Waals surface area contributed by atoms with Gasteiger partial charge in [-0.1, -0.05) is 9.24 Å². The van der Waals surface area contributed by atoms with Gasteiger partial charge in [-0.05, 0) is 0 Å². The molecule has 2 N–H and O–H groups in total. The van der Waals surface area contributed by atoms with E-state index in [1.807, 2.05) is 9.24 Å². The molecule has 0 aromatic carbocycles. The van der Waals surface area contributed by atoms with Crippen molar-refractivity contribution in [1.29, 1.82) is 0 Å². The van der Waals surface area contributed by atoms with Crippen LogP contribution >= 0.6 is 9.24 Å². The summed E-state index contributed by atoms with van der Waals surface area (Å²) in [5.74, 6) is 0. The highest BCUT2D eigenvalue weighted by molar-refractivity contribution is 7.18. The van der Waals surface area contributed by atoms with Gasteiger partial charge in [0.2, 0.25) is 5.53 Å². The van der Waals surface area contributed by atoms with Crippen molar-refractivity contribution in [3.05, 3.63) is 0 Å². The Morgan fingerprint density at radius 1 is 1.86 bits per heavy atom. The first-order valence-electron chi connectivity index (χ1n) is 1.79. The zero-order valence-electron chi connectivity index (χ0n) is 4.09. The van der Waals surface area contributed by atoms with Crippen LogP contribution < -0.4 is 0 Å². The average molecular weight is 124 g/mol. The van der Waals surface area contributed by atoms with Crippen molar-refractivity contribution in [3.8, 4) is 0 Å². The van der Waals surface area contributed by atoms with E-state index in [0.717, 1.165) is 0 Å². The highest BCUT2D eigenvalue weighted by atomic mass is 31.0. The van der Waals surface area contributed by atoms with E-state index in [4.69, 9.17) is 10.2 Å². The van der Waals surface area contributed by atoms with E-state index in [2.05, 4.69) is 4.74 Å². The SMILES string of the molecule is COC(O)(P)CO. The third kappa shape index (κ3) is 2.94. The lowest BCUT2D eigenvalue weighted by molar-refractivity contribution is -0.135. The Kier molecular flexibility index (Phi) is 2.69. The second kappa shape index (κ2) is 2.58. The molecular formula is C3H9O3P. The van der Waals surface area contributed by atoms with Gasteiger partial charge >= 0.3 is 0 Å². The number of hydrogen-bond acceptors (Lipinski definition) is 3. The van der Waals surface area contributed by atoms with E-state index in [0.29, 0.717) is 0 Å². The van der Waals surface area contributed by atoms with E-state index >= 15 is 0 Å². The second-order valence-electron chi connectivity index (χ2n) is 1.21. The molecule has 0 fully saturated rings. The van der Waals surface area contributed by atoms with Gasteiger partial charge in [-0.3, -0.25) is 0 Å². The lowest BCUT2D eigenvalue weighted by Crippen LogP contribution is -2.26. The predicted molar refractivity (Wildman–Crippen MR) is 28.8 cm³/mol. The molecule has 0 radical (unpaired) electrons. The molecule has 0 aromatic rings. The molecule has 0 heterocycles. The average Bonchev–Trinajstić information content (AvgIpc) is 1.68. The van der Waals surface area contributed by atoms with Gasteiger partial charge in [-0.15, -0.1) is 0 Å². The quantitative estimate of drug-likeness (QED) is 0.372. The number of aliphatic hydroxyl groups excluding tert-OH is 1. The maximum absolute atomic E-state index is 8.62. The van der Waals surface area contributed by atoms with E-state index in [9.17, 15) is 0 Å². The minimum absolute atomic E-state index is 0.409. The molecule has 3 nitrogen and oxygen atoms in total. The number of methoxy groups -OCH3 is 1. The van der Waals surface area contributed by atoms with Crippen molar-refractivity contribution < 1.29 is 14.9 Å². The molecule has 0 aliphatic heterocycles. The standard InChI is InChI=1S/C3H9O3P/c1-6-3(5,7)2-4/h4-5H,2,7H2,1H3. The fraction of sp³-hybridized carbons (Fsp3) is 1.00. The minimum atomic E-state index is -1.44. The van der Waals surface area contributed by atoms with Crippen LogP contribution in [0.25, 0.3) is 0 Å². The van der Waals surface area contributed by atoms with Gasteiger partial charge < -0.3 is 14.9 Å². The number of hydrogen-bond donors (Lipinski definition) is 2. The summed E-state index contributed by atoms with van der Waals surface area (Å²) in [5.41, 5.74) is -1.44. The van der Waals surface area contributed by atoms with Crippen molar-refractivity contribution in [2.45, 2.75) is 5.53 Å². The smallest absolute Gasteiger partial charge is 0.201 e. The van der Waals surface area contributed by atoms with E-state index in [1.54, 1.807) is 0 Å². The lowest BCUT2D eigenvalue weighted by atomic mass is 10.7. The van der Waals surface area contributed by atoms with Crippen molar-refractivity contribution in [3.63, 3.8) is 0 Å². The van der Waals surface area contributed by atoms with Crippen LogP contribution in [0.3, 0.4) is 0 Å². The van der Waals surface area contributed by atoms with Gasteiger partial charge in [0.05, 0.1) is 0 Å². The Morgan fingerprint density at radius 3 is 2.29 bits per heavy atom. The first-order valence-corrected chi connectivity index (χ1v) is 2.37. The van der Waals surface area contributed by atoms with Crippen molar-refractivity contribution >= 4 is 9.24 Å². The lowest BCUT2D eigenvalue weighted by Gasteiger charge is -2.16. The third-order valence-electron chi connectivity index (χ3n) is 0.580. The Hall–Kier alpha value is 0.310. The van der Waals surface area contributed by atoms with Gasteiger partial charge in [0, 0.05) is 7.11 Å². The number of ether oxygens (including phenoxy) is 1. The topological polar surface area (TPSA) is 49.7 Å². The van der Waals surface area contributed by atoms with Crippen LogP contribution in [0.5, 0.6) is 0 Å². The number of aliphatic hydroxyl groups is 2. The maximum atomic E-state index is 8.62. The summed E-state index contributed by atoms with van der Waals surface area (Å²) >= 11 is 0. The van der Waals surface area contributed by atoms with E-state index in [-0.39, 0.29) is 0 Å². The minimum Gasteiger partial charge on any atom is -0.390 e. The molecule has 0 spiro atoms. The molecule has 0 aliphatic rings.